The number of nitrogens with zero attached hydrogens (tertiary/aromatic N) is 4. The topological polar surface area (TPSA) is 267 Å². The van der Waals surface area contributed by atoms with Crippen molar-refractivity contribution >= 4 is 32.2 Å². The van der Waals surface area contributed by atoms with Gasteiger partial charge in [-0.3, -0.25) is 0 Å². The van der Waals surface area contributed by atoms with Crippen molar-refractivity contribution in [2.45, 2.75) is 124 Å². The number of hydrogen-bond donors (Lipinski definition) is 4. The summed E-state index contributed by atoms with van der Waals surface area (Å²) in [5, 5.41) is 45.7. The van der Waals surface area contributed by atoms with Gasteiger partial charge < -0.3 is 44.5 Å². The van der Waals surface area contributed by atoms with Crippen LogP contribution in [-0.2, 0) is 47.1 Å². The number of nitrogens with one attached hydrogen (secondary N) is 2. The zero-order valence-corrected chi connectivity index (χ0v) is 45.0. The summed E-state index contributed by atoms with van der Waals surface area (Å²) in [7, 11) is -4.98. The molecule has 1 aliphatic heterocycles. The van der Waals surface area contributed by atoms with E-state index in [2.05, 4.69) is 22.8 Å². The number of aliphatic hydroxyl groups is 2. The van der Waals surface area contributed by atoms with Crippen LogP contribution in [-0.4, -0.2) is 137 Å². The zero-order chi connectivity index (χ0) is 54.9. The summed E-state index contributed by atoms with van der Waals surface area (Å²) < 4.78 is 82.8. The quantitative estimate of drug-likeness (QED) is 0.0450. The average molecular weight is 1080 g/mol. The van der Waals surface area contributed by atoms with Gasteiger partial charge in [-0.25, -0.2) is 26.4 Å². The van der Waals surface area contributed by atoms with Crippen LogP contribution in [0.25, 0.3) is 0 Å². The van der Waals surface area contributed by atoms with Gasteiger partial charge in [0.25, 0.3) is 0 Å². The molecule has 0 radical (unpaired) electrons. The molecule has 0 aromatic heterocycles. The van der Waals surface area contributed by atoms with Crippen LogP contribution in [0.15, 0.2) is 119 Å². The molecule has 1 heterocycles. The van der Waals surface area contributed by atoms with Gasteiger partial charge in [0.2, 0.25) is 20.0 Å². The Morgan fingerprint density at radius 3 is 1.44 bits per heavy atom. The molecule has 19 nitrogen and oxygen atoms in total. The highest BCUT2D eigenvalue weighted by atomic mass is 32.2. The van der Waals surface area contributed by atoms with Gasteiger partial charge in [-0.1, -0.05) is 60.7 Å². The molecule has 2 amide bonds. The lowest BCUT2D eigenvalue weighted by Crippen LogP contribution is -2.51. The predicted octanol–water partition coefficient (Wildman–Crippen LogP) is 6.74. The maximum atomic E-state index is 13.5. The molecule has 0 bridgehead atoms. The van der Waals surface area contributed by atoms with Crippen molar-refractivity contribution in [3.05, 3.63) is 120 Å². The monoisotopic (exact) mass is 1080 g/mol. The molecule has 408 valence electrons. The van der Waals surface area contributed by atoms with E-state index in [0.29, 0.717) is 69.7 Å². The highest BCUT2D eigenvalue weighted by molar-refractivity contribution is 7.89. The van der Waals surface area contributed by atoms with Crippen LogP contribution in [0.5, 0.6) is 11.5 Å². The van der Waals surface area contributed by atoms with E-state index in [1.54, 1.807) is 45.0 Å². The average Bonchev–Trinajstić information content (AvgIpc) is 3.90. The largest absolute Gasteiger partial charge is 0.497 e. The number of unbranched alkanes of at least 4 members (excludes halogenated alkanes) is 4. The van der Waals surface area contributed by atoms with Gasteiger partial charge >= 0.3 is 12.2 Å². The minimum Gasteiger partial charge on any atom is -0.497 e. The van der Waals surface area contributed by atoms with Crippen LogP contribution in [0.4, 0.5) is 9.59 Å². The van der Waals surface area contributed by atoms with Gasteiger partial charge in [0.05, 0.1) is 73.7 Å². The number of nitriles is 2. The van der Waals surface area contributed by atoms with Crippen molar-refractivity contribution in [1.82, 2.24) is 19.2 Å². The second-order valence-electron chi connectivity index (χ2n) is 18.7. The van der Waals surface area contributed by atoms with Crippen molar-refractivity contribution < 1.29 is 60.3 Å². The number of aliphatic hydroxyl groups excluding tert-OH is 2. The Bertz CT molecular complexity index is 2640. The Kier molecular flexibility index (Phi) is 25.2. The number of alkyl carbamates (subject to hydrolysis) is 2. The lowest BCUT2D eigenvalue weighted by atomic mass is 10.0. The van der Waals surface area contributed by atoms with Gasteiger partial charge in [-0.15, -0.1) is 0 Å². The molecule has 1 fully saturated rings. The molecule has 21 heteroatoms. The van der Waals surface area contributed by atoms with Crippen LogP contribution in [0.2, 0.25) is 0 Å². The highest BCUT2D eigenvalue weighted by Crippen LogP contribution is 2.24. The molecule has 0 saturated carbocycles. The molecule has 75 heavy (non-hydrogen) atoms. The normalized spacial score (nSPS) is 15.2. The third-order valence-corrected chi connectivity index (χ3v) is 15.5. The summed E-state index contributed by atoms with van der Waals surface area (Å²) in [5.41, 5.74) is 0.984. The molecule has 1 saturated heterocycles. The van der Waals surface area contributed by atoms with E-state index in [1.165, 1.54) is 47.1 Å². The Morgan fingerprint density at radius 1 is 0.667 bits per heavy atom. The molecule has 0 spiro atoms. The lowest BCUT2D eigenvalue weighted by molar-refractivity contribution is 0.0402. The van der Waals surface area contributed by atoms with Crippen LogP contribution in [0.3, 0.4) is 0 Å². The van der Waals surface area contributed by atoms with Crippen molar-refractivity contribution in [3.63, 3.8) is 0 Å². The minimum absolute atomic E-state index is 0.0546. The summed E-state index contributed by atoms with van der Waals surface area (Å²) in [4.78, 5) is 25.3. The fraction of sp³-hybridized carbons (Fsp3) is 0.481. The molecule has 0 aliphatic carbocycles. The Morgan fingerprint density at radius 2 is 1.08 bits per heavy atom. The standard InChI is InChI=1S/C27H35N3O7S.C27H37N3O6S/c1-35-22-10-12-24(13-11-22)38(33,34)30(16-7-3-6-15-28)19-26(31)25(18-21-8-4-2-5-9-21)29-27(32)37-23-14-17-36-20-23;1-27(2,3)36-26(32)29-24(19-21-11-7-5-8-12-21)25(31)20-30(18-10-6-9-17-28)37(33,34)23-15-13-22(35-4)14-16-23/h2,4-5,8-13,23,25-26,31H,3,6-7,14,16-20H2,1H3,(H,29,32);5,7-8,11-16,24-25,31H,6,9-10,18-20H2,1-4H3,(H,29,32)/t23-,25-,26+;24-,25+/m00/s1. The smallest absolute Gasteiger partial charge is 0.407 e. The van der Waals surface area contributed by atoms with Gasteiger partial charge in [0.15, 0.2) is 0 Å². The fourth-order valence-corrected chi connectivity index (χ4v) is 10.8. The number of ether oxygens (including phenoxy) is 5. The summed E-state index contributed by atoms with van der Waals surface area (Å²) in [6.07, 6.45) is -0.596. The van der Waals surface area contributed by atoms with E-state index < -0.39 is 62.1 Å². The van der Waals surface area contributed by atoms with E-state index >= 15 is 0 Å². The Labute approximate surface area is 442 Å². The number of rotatable bonds is 27. The zero-order valence-electron chi connectivity index (χ0n) is 43.4. The molecule has 0 unspecified atom stereocenters. The van der Waals surface area contributed by atoms with Gasteiger partial charge in [0, 0.05) is 45.4 Å². The number of hydrogen-bond acceptors (Lipinski definition) is 15. The van der Waals surface area contributed by atoms with Crippen molar-refractivity contribution in [3.8, 4) is 23.6 Å². The number of sulfonamides is 2. The summed E-state index contributed by atoms with van der Waals surface area (Å²) >= 11 is 0. The van der Waals surface area contributed by atoms with Crippen LogP contribution >= 0.6 is 0 Å². The van der Waals surface area contributed by atoms with Gasteiger partial charge in [0.1, 0.15) is 23.2 Å². The first kappa shape index (κ1) is 61.2. The minimum atomic E-state index is -3.99. The van der Waals surface area contributed by atoms with Crippen molar-refractivity contribution in [2.75, 3.05) is 53.6 Å². The third kappa shape index (κ3) is 21.1. The maximum absolute atomic E-state index is 13.5. The van der Waals surface area contributed by atoms with Crippen molar-refractivity contribution in [2.24, 2.45) is 0 Å². The summed E-state index contributed by atoms with van der Waals surface area (Å²) in [6.45, 7) is 5.73. The first-order valence-corrected chi connectivity index (χ1v) is 27.7. The van der Waals surface area contributed by atoms with Crippen molar-refractivity contribution in [1.29, 1.82) is 10.5 Å². The lowest BCUT2D eigenvalue weighted by Gasteiger charge is -2.30. The number of carbonyl (C=O) groups excluding carboxylic acids is 2. The first-order chi connectivity index (χ1) is 35.8. The van der Waals surface area contributed by atoms with Crippen LogP contribution in [0.1, 0.15) is 76.8 Å². The van der Waals surface area contributed by atoms with E-state index in [4.69, 9.17) is 34.2 Å². The SMILES string of the molecule is COc1ccc(S(=O)(=O)N(CCCCC#N)C[C@@H](O)[C@H](Cc2ccccc2)NC(=O)OC(C)(C)C)cc1.COc1ccc(S(=O)(=O)N(CCCCC#N)C[C@@H](O)[C@H](Cc2ccccc2)NC(=O)O[C@H]2CCOC2)cc1. The second kappa shape index (κ2) is 30.9. The molecule has 4 aromatic rings. The number of amides is 2. The van der Waals surface area contributed by atoms with E-state index in [9.17, 15) is 36.6 Å². The molecule has 5 rings (SSSR count). The van der Waals surface area contributed by atoms with E-state index in [1.807, 2.05) is 60.7 Å². The second-order valence-corrected chi connectivity index (χ2v) is 22.6. The van der Waals surface area contributed by atoms with E-state index in [-0.39, 0.29) is 54.9 Å². The molecule has 4 aromatic carbocycles. The predicted molar refractivity (Wildman–Crippen MR) is 281 cm³/mol. The molecule has 4 N–H and O–H groups in total. The summed E-state index contributed by atoms with van der Waals surface area (Å²) in [5.74, 6) is 1.03. The Hall–Kier alpha value is -6.30. The number of benzene rings is 4. The number of methoxy groups -OCH3 is 2. The van der Waals surface area contributed by atoms with Gasteiger partial charge in [-0.05, 0) is 119 Å². The first-order valence-electron chi connectivity index (χ1n) is 24.8. The van der Waals surface area contributed by atoms with Crippen LogP contribution in [0, 0.1) is 22.7 Å². The fourth-order valence-electron chi connectivity index (χ4n) is 7.77. The molecule has 5 atom stereocenters. The molecular formula is C54H72N6O13S2. The summed E-state index contributed by atoms with van der Waals surface area (Å²) in [6, 6.07) is 33.1. The number of carbonyl (C=O) groups is 2. The van der Waals surface area contributed by atoms with E-state index in [0.717, 1.165) is 11.1 Å². The highest BCUT2D eigenvalue weighted by Gasteiger charge is 2.34. The van der Waals surface area contributed by atoms with Gasteiger partial charge in [-0.2, -0.15) is 19.1 Å². The molecule has 1 aliphatic rings. The maximum Gasteiger partial charge on any atom is 0.407 e. The third-order valence-electron chi connectivity index (χ3n) is 11.8. The van der Waals surface area contributed by atoms with Crippen LogP contribution < -0.4 is 20.1 Å². The molecular weight excluding hydrogens is 1000 g/mol. The Balaban J connectivity index is 0.000000325.